The van der Waals surface area contributed by atoms with Gasteiger partial charge in [-0.2, -0.15) is 0 Å². The summed E-state index contributed by atoms with van der Waals surface area (Å²) in [5.74, 6) is -0.689. The molecular weight excluding hydrogens is 619 g/mol. The molecule has 0 radical (unpaired) electrons. The topological polar surface area (TPSA) is 103 Å². The summed E-state index contributed by atoms with van der Waals surface area (Å²) in [6.45, 7) is 2.74. The van der Waals surface area contributed by atoms with Gasteiger partial charge in [-0.05, 0) is 80.2 Å². The first-order chi connectivity index (χ1) is 22.6. The Morgan fingerprint density at radius 2 is 1.68 bits per heavy atom. The Hall–Kier alpha value is -4.22. The fourth-order valence-corrected chi connectivity index (χ4v) is 7.52. The average Bonchev–Trinajstić information content (AvgIpc) is 3.46. The molecule has 2 atom stereocenters. The van der Waals surface area contributed by atoms with Crippen molar-refractivity contribution in [2.75, 3.05) is 50.8 Å². The second kappa shape index (κ2) is 13.5. The van der Waals surface area contributed by atoms with Crippen LogP contribution in [0.5, 0.6) is 0 Å². The fourth-order valence-electron chi connectivity index (χ4n) is 7.01. The van der Waals surface area contributed by atoms with Gasteiger partial charge in [0.25, 0.3) is 5.91 Å². The monoisotopic (exact) mass is 660 g/mol. The van der Waals surface area contributed by atoms with Crippen LogP contribution in [0.1, 0.15) is 65.5 Å². The molecule has 1 unspecified atom stereocenters. The van der Waals surface area contributed by atoms with E-state index in [1.807, 2.05) is 41.3 Å². The lowest BCUT2D eigenvalue weighted by atomic mass is 9.87. The molecule has 4 aromatic rings. The Labute approximate surface area is 275 Å². The molecule has 248 valence electrons. The van der Waals surface area contributed by atoms with Crippen LogP contribution in [0, 0.1) is 5.82 Å². The number of hydrogen-bond donors (Lipinski definition) is 1. The van der Waals surface area contributed by atoms with E-state index in [4.69, 9.17) is 4.42 Å². The van der Waals surface area contributed by atoms with Crippen molar-refractivity contribution in [1.82, 2.24) is 15.1 Å². The highest BCUT2D eigenvalue weighted by molar-refractivity contribution is 7.92. The predicted molar refractivity (Wildman–Crippen MR) is 181 cm³/mol. The number of likely N-dealkylation sites (tertiary alicyclic amines) is 2. The molecule has 11 heteroatoms. The van der Waals surface area contributed by atoms with Gasteiger partial charge >= 0.3 is 0 Å². The number of carbonyl (C=O) groups is 2. The van der Waals surface area contributed by atoms with Gasteiger partial charge in [0.15, 0.2) is 0 Å². The molecule has 2 amide bonds. The Bertz CT molecular complexity index is 1870. The highest BCUT2D eigenvalue weighted by atomic mass is 32.2. The number of furan rings is 1. The third kappa shape index (κ3) is 6.64. The summed E-state index contributed by atoms with van der Waals surface area (Å²) >= 11 is 0. The number of nitrogens with zero attached hydrogens (tertiary/aromatic N) is 3. The number of sulfonamides is 1. The van der Waals surface area contributed by atoms with Gasteiger partial charge in [-0.3, -0.25) is 18.8 Å². The van der Waals surface area contributed by atoms with Crippen LogP contribution in [-0.4, -0.2) is 76.6 Å². The summed E-state index contributed by atoms with van der Waals surface area (Å²) in [4.78, 5) is 31.9. The van der Waals surface area contributed by atoms with Crippen LogP contribution in [0.25, 0.3) is 22.3 Å². The summed E-state index contributed by atoms with van der Waals surface area (Å²) in [7, 11) is -0.654. The van der Waals surface area contributed by atoms with Crippen LogP contribution in [0.2, 0.25) is 0 Å². The number of piperidine rings is 2. The molecule has 3 heterocycles. The number of fused-ring (bicyclic) bond motifs is 1. The lowest BCUT2D eigenvalue weighted by Gasteiger charge is -2.40. The summed E-state index contributed by atoms with van der Waals surface area (Å²) < 4.78 is 47.0. The van der Waals surface area contributed by atoms with Crippen LogP contribution >= 0.6 is 0 Å². The van der Waals surface area contributed by atoms with Gasteiger partial charge in [-0.1, -0.05) is 36.8 Å². The maximum atomic E-state index is 14.4. The van der Waals surface area contributed by atoms with Gasteiger partial charge in [0.05, 0.1) is 17.5 Å². The largest absolute Gasteiger partial charge is 0.455 e. The average molecular weight is 661 g/mol. The van der Waals surface area contributed by atoms with Crippen molar-refractivity contribution in [2.24, 2.45) is 0 Å². The van der Waals surface area contributed by atoms with Crippen molar-refractivity contribution in [3.05, 3.63) is 89.2 Å². The van der Waals surface area contributed by atoms with E-state index in [0.29, 0.717) is 40.9 Å². The smallest absolute Gasteiger partial charge is 0.255 e. The number of anilines is 1. The van der Waals surface area contributed by atoms with Gasteiger partial charge in [0.2, 0.25) is 15.9 Å². The lowest BCUT2D eigenvalue weighted by Crippen LogP contribution is -2.47. The number of nitrogens with one attached hydrogen (secondary N) is 1. The van der Waals surface area contributed by atoms with Gasteiger partial charge in [-0.15, -0.1) is 0 Å². The SMILES string of the molecule is CNC(=O)c1c(-c2ccc(F)cc2)oc2cc(N(C)S(C)(=O)=O)c([C@H]3CCCN(C(=O)C(c4ccccc4)N4CCCCC4)C3)cc12. The second-order valence-corrected chi connectivity index (χ2v) is 14.6. The van der Waals surface area contributed by atoms with E-state index in [1.165, 1.54) is 30.5 Å². The van der Waals surface area contributed by atoms with Gasteiger partial charge < -0.3 is 14.6 Å². The molecular formula is C36H41FN4O5S. The summed E-state index contributed by atoms with van der Waals surface area (Å²) in [6, 6.07) is 18.7. The molecule has 2 aliphatic rings. The van der Waals surface area contributed by atoms with Crippen molar-refractivity contribution in [1.29, 1.82) is 0 Å². The molecule has 47 heavy (non-hydrogen) atoms. The van der Waals surface area contributed by atoms with Gasteiger partial charge in [-0.25, -0.2) is 12.8 Å². The van der Waals surface area contributed by atoms with E-state index in [0.717, 1.165) is 57.0 Å². The normalized spacial score (nSPS) is 18.2. The van der Waals surface area contributed by atoms with Crippen LogP contribution < -0.4 is 9.62 Å². The third-order valence-electron chi connectivity index (χ3n) is 9.51. The van der Waals surface area contributed by atoms with E-state index < -0.39 is 15.8 Å². The van der Waals surface area contributed by atoms with Crippen molar-refractivity contribution < 1.29 is 26.8 Å². The van der Waals surface area contributed by atoms with Crippen molar-refractivity contribution in [3.8, 4) is 11.3 Å². The van der Waals surface area contributed by atoms with Crippen molar-refractivity contribution >= 4 is 38.5 Å². The Kier molecular flexibility index (Phi) is 9.39. The molecule has 3 aromatic carbocycles. The first-order valence-corrected chi connectivity index (χ1v) is 18.0. The number of halogens is 1. The highest BCUT2D eigenvalue weighted by Gasteiger charge is 2.36. The molecule has 1 aromatic heterocycles. The van der Waals surface area contributed by atoms with Crippen LogP contribution in [0.4, 0.5) is 10.1 Å². The summed E-state index contributed by atoms with van der Waals surface area (Å²) in [6.07, 6.45) is 5.89. The van der Waals surface area contributed by atoms with Crippen LogP contribution in [0.15, 0.2) is 71.1 Å². The lowest BCUT2D eigenvalue weighted by molar-refractivity contribution is -0.139. The zero-order valence-electron chi connectivity index (χ0n) is 27.0. The molecule has 0 saturated carbocycles. The molecule has 1 N–H and O–H groups in total. The molecule has 0 spiro atoms. The maximum Gasteiger partial charge on any atom is 0.255 e. The third-order valence-corrected chi connectivity index (χ3v) is 10.7. The molecule has 2 fully saturated rings. The standard InChI is InChI=1S/C36H41FN4O5S/c1-38-35(42)32-29-21-28(30(39(2)47(3,44)45)22-31(29)46-34(32)25-14-16-27(37)17-15-25)26-13-10-20-41(23-26)36(43)33(24-11-6-4-7-12-24)40-18-8-5-9-19-40/h4,6-7,11-12,14-17,21-22,26,33H,5,8-10,13,18-20,23H2,1-3H3,(H,38,42)/t26-,33?/m0/s1. The fraction of sp³-hybridized carbons (Fsp3) is 0.389. The number of rotatable bonds is 8. The number of hydrogen-bond acceptors (Lipinski definition) is 6. The number of carbonyl (C=O) groups excluding carboxylic acids is 2. The first kappa shape index (κ1) is 32.7. The Balaban J connectivity index is 1.44. The molecule has 0 bridgehead atoms. The van der Waals surface area contributed by atoms with E-state index in [9.17, 15) is 22.4 Å². The molecule has 9 nitrogen and oxygen atoms in total. The van der Waals surface area contributed by atoms with Gasteiger partial charge in [0.1, 0.15) is 23.2 Å². The number of benzene rings is 3. The summed E-state index contributed by atoms with van der Waals surface area (Å²) in [5, 5.41) is 3.20. The highest BCUT2D eigenvalue weighted by Crippen LogP contribution is 2.42. The molecule has 0 aliphatic carbocycles. The Morgan fingerprint density at radius 3 is 2.34 bits per heavy atom. The van der Waals surface area contributed by atoms with Gasteiger partial charge in [0, 0.05) is 50.1 Å². The molecule has 2 aliphatic heterocycles. The van der Waals surface area contributed by atoms with Crippen molar-refractivity contribution in [3.63, 3.8) is 0 Å². The van der Waals surface area contributed by atoms with Crippen LogP contribution in [-0.2, 0) is 14.8 Å². The summed E-state index contributed by atoms with van der Waals surface area (Å²) in [5.41, 5.74) is 3.24. The predicted octanol–water partition coefficient (Wildman–Crippen LogP) is 5.93. The minimum absolute atomic E-state index is 0.0508. The molecule has 2 saturated heterocycles. The van der Waals surface area contributed by atoms with Crippen LogP contribution in [0.3, 0.4) is 0 Å². The van der Waals surface area contributed by atoms with Crippen molar-refractivity contribution in [2.45, 2.75) is 44.1 Å². The minimum atomic E-state index is -3.68. The Morgan fingerprint density at radius 1 is 0.979 bits per heavy atom. The van der Waals surface area contributed by atoms with E-state index in [1.54, 1.807) is 18.2 Å². The maximum absolute atomic E-state index is 14.4. The minimum Gasteiger partial charge on any atom is -0.455 e. The molecule has 6 rings (SSSR count). The van der Waals surface area contributed by atoms with E-state index in [2.05, 4.69) is 10.2 Å². The quantitative estimate of drug-likeness (QED) is 0.252. The van der Waals surface area contributed by atoms with E-state index in [-0.39, 0.29) is 35.1 Å². The van der Waals surface area contributed by atoms with E-state index >= 15 is 0 Å². The zero-order valence-corrected chi connectivity index (χ0v) is 27.9. The first-order valence-electron chi connectivity index (χ1n) is 16.2. The zero-order chi connectivity index (χ0) is 33.3. The number of amides is 2. The second-order valence-electron chi connectivity index (χ2n) is 12.6.